The van der Waals surface area contributed by atoms with Crippen LogP contribution in [-0.4, -0.2) is 52.0 Å². The summed E-state index contributed by atoms with van der Waals surface area (Å²) in [6.45, 7) is 8.83. The van der Waals surface area contributed by atoms with Gasteiger partial charge in [0.2, 0.25) is 0 Å². The van der Waals surface area contributed by atoms with Crippen LogP contribution in [0, 0.1) is 0 Å². The van der Waals surface area contributed by atoms with Crippen molar-refractivity contribution >= 4 is 12.1 Å². The Morgan fingerprint density at radius 2 is 2.09 bits per heavy atom. The van der Waals surface area contributed by atoms with Crippen LogP contribution < -0.4 is 0 Å². The average molecular weight is 323 g/mol. The fourth-order valence-electron chi connectivity index (χ4n) is 2.58. The normalized spacial score (nSPS) is 18.1. The van der Waals surface area contributed by atoms with Crippen molar-refractivity contribution in [3.63, 3.8) is 0 Å². The third kappa shape index (κ3) is 4.24. The van der Waals surface area contributed by atoms with Crippen molar-refractivity contribution in [2.24, 2.45) is 7.05 Å². The van der Waals surface area contributed by atoms with Crippen LogP contribution in [0.4, 0.5) is 4.79 Å². The lowest BCUT2D eigenvalue weighted by molar-refractivity contribution is 0.0292. The molecule has 0 aromatic carbocycles. The minimum absolute atomic E-state index is 0.108. The predicted octanol–water partition coefficient (Wildman–Crippen LogP) is 2.32. The van der Waals surface area contributed by atoms with Gasteiger partial charge < -0.3 is 14.4 Å². The molecular weight excluding hydrogens is 298 g/mol. The van der Waals surface area contributed by atoms with E-state index in [-0.39, 0.29) is 18.0 Å². The van der Waals surface area contributed by atoms with E-state index in [0.717, 1.165) is 12.1 Å². The highest BCUT2D eigenvalue weighted by Crippen LogP contribution is 2.28. The highest BCUT2D eigenvalue weighted by molar-refractivity contribution is 5.87. The van der Waals surface area contributed by atoms with Gasteiger partial charge in [0.25, 0.3) is 0 Å². The van der Waals surface area contributed by atoms with Crippen LogP contribution in [0.3, 0.4) is 0 Å². The zero-order valence-electron chi connectivity index (χ0n) is 14.5. The van der Waals surface area contributed by atoms with Gasteiger partial charge in [-0.05, 0) is 40.2 Å². The first kappa shape index (κ1) is 17.3. The van der Waals surface area contributed by atoms with Crippen molar-refractivity contribution < 1.29 is 19.1 Å². The van der Waals surface area contributed by atoms with Gasteiger partial charge in [0.05, 0.1) is 12.3 Å². The van der Waals surface area contributed by atoms with E-state index in [4.69, 9.17) is 9.47 Å². The van der Waals surface area contributed by atoms with Gasteiger partial charge in [-0.15, -0.1) is 0 Å². The lowest BCUT2D eigenvalue weighted by Gasteiger charge is -2.24. The van der Waals surface area contributed by atoms with Gasteiger partial charge in [-0.3, -0.25) is 4.68 Å². The monoisotopic (exact) mass is 323 g/mol. The lowest BCUT2D eigenvalue weighted by Crippen LogP contribution is -2.35. The number of hydrogen-bond acceptors (Lipinski definition) is 5. The van der Waals surface area contributed by atoms with E-state index in [1.54, 1.807) is 24.9 Å². The summed E-state index contributed by atoms with van der Waals surface area (Å²) in [6, 6.07) is 1.75. The van der Waals surface area contributed by atoms with Gasteiger partial charge >= 0.3 is 12.1 Å². The third-order valence-corrected chi connectivity index (χ3v) is 3.64. The quantitative estimate of drug-likeness (QED) is 0.798. The van der Waals surface area contributed by atoms with Gasteiger partial charge in [0, 0.05) is 26.1 Å². The number of likely N-dealkylation sites (tertiary alicyclic amines) is 1. The summed E-state index contributed by atoms with van der Waals surface area (Å²) in [6.07, 6.45) is 0.500. The van der Waals surface area contributed by atoms with Crippen molar-refractivity contribution in [2.45, 2.75) is 45.6 Å². The highest BCUT2D eigenvalue weighted by Gasteiger charge is 2.32. The van der Waals surface area contributed by atoms with Crippen LogP contribution in [-0.2, 0) is 16.5 Å². The van der Waals surface area contributed by atoms with Crippen LogP contribution in [0.1, 0.15) is 56.2 Å². The molecule has 7 heteroatoms. The summed E-state index contributed by atoms with van der Waals surface area (Å²) in [5.41, 5.74) is 0.733. The molecule has 1 aliphatic heterocycles. The number of nitrogens with zero attached hydrogens (tertiary/aromatic N) is 3. The number of amides is 1. The van der Waals surface area contributed by atoms with E-state index in [0.29, 0.717) is 25.4 Å². The summed E-state index contributed by atoms with van der Waals surface area (Å²) < 4.78 is 11.9. The Balaban J connectivity index is 2.03. The molecule has 1 fully saturated rings. The summed E-state index contributed by atoms with van der Waals surface area (Å²) in [4.78, 5) is 25.7. The van der Waals surface area contributed by atoms with Crippen LogP contribution >= 0.6 is 0 Å². The zero-order valence-corrected chi connectivity index (χ0v) is 14.5. The minimum Gasteiger partial charge on any atom is -0.461 e. The van der Waals surface area contributed by atoms with E-state index >= 15 is 0 Å². The molecule has 0 bridgehead atoms. The second-order valence-corrected chi connectivity index (χ2v) is 6.71. The number of aromatic nitrogens is 2. The van der Waals surface area contributed by atoms with E-state index in [2.05, 4.69) is 5.10 Å². The van der Waals surface area contributed by atoms with Crippen LogP contribution in [0.5, 0.6) is 0 Å². The molecule has 1 saturated heterocycles. The fourth-order valence-corrected chi connectivity index (χ4v) is 2.58. The Bertz CT molecular complexity index is 589. The van der Waals surface area contributed by atoms with E-state index in [1.807, 2.05) is 20.8 Å². The number of rotatable bonds is 3. The van der Waals surface area contributed by atoms with Crippen molar-refractivity contribution in [2.75, 3.05) is 19.7 Å². The van der Waals surface area contributed by atoms with Gasteiger partial charge in [0.15, 0.2) is 0 Å². The molecule has 0 saturated carbocycles. The molecule has 1 atom stereocenters. The topological polar surface area (TPSA) is 73.7 Å². The molecule has 0 aliphatic carbocycles. The van der Waals surface area contributed by atoms with E-state index in [9.17, 15) is 9.59 Å². The Morgan fingerprint density at radius 3 is 2.70 bits per heavy atom. The first-order chi connectivity index (χ1) is 10.7. The van der Waals surface area contributed by atoms with Crippen LogP contribution in [0.25, 0.3) is 0 Å². The summed E-state index contributed by atoms with van der Waals surface area (Å²) in [7, 11) is 1.72. The fraction of sp³-hybridized carbons (Fsp3) is 0.688. The largest absolute Gasteiger partial charge is 0.461 e. The molecule has 1 unspecified atom stereocenters. The Labute approximate surface area is 136 Å². The molecule has 2 rings (SSSR count). The van der Waals surface area contributed by atoms with Crippen LogP contribution in [0.2, 0.25) is 0 Å². The zero-order chi connectivity index (χ0) is 17.2. The van der Waals surface area contributed by atoms with Crippen molar-refractivity contribution in [3.8, 4) is 0 Å². The van der Waals surface area contributed by atoms with Gasteiger partial charge in [-0.1, -0.05) is 0 Å². The highest BCUT2D eigenvalue weighted by atomic mass is 16.6. The Kier molecular flexibility index (Phi) is 4.97. The lowest BCUT2D eigenvalue weighted by atomic mass is 10.1. The molecular formula is C16H25N3O4. The second-order valence-electron chi connectivity index (χ2n) is 6.71. The first-order valence-corrected chi connectivity index (χ1v) is 7.90. The molecule has 1 aliphatic rings. The van der Waals surface area contributed by atoms with Gasteiger partial charge in [-0.2, -0.15) is 5.10 Å². The third-order valence-electron chi connectivity index (χ3n) is 3.64. The number of ether oxygens (including phenoxy) is 2. The molecule has 7 nitrogen and oxygen atoms in total. The summed E-state index contributed by atoms with van der Waals surface area (Å²) >= 11 is 0. The first-order valence-electron chi connectivity index (χ1n) is 7.90. The molecule has 1 aromatic rings. The predicted molar refractivity (Wildman–Crippen MR) is 84.3 cm³/mol. The Morgan fingerprint density at radius 1 is 1.39 bits per heavy atom. The maximum absolute atomic E-state index is 12.1. The number of carbonyl (C=O) groups excluding carboxylic acids is 2. The maximum atomic E-state index is 12.1. The molecule has 23 heavy (non-hydrogen) atoms. The van der Waals surface area contributed by atoms with E-state index < -0.39 is 5.60 Å². The van der Waals surface area contributed by atoms with Gasteiger partial charge in [-0.25, -0.2) is 9.59 Å². The smallest absolute Gasteiger partial charge is 0.410 e. The number of esters is 1. The molecule has 1 amide bonds. The minimum atomic E-state index is -0.503. The summed E-state index contributed by atoms with van der Waals surface area (Å²) in [5, 5.41) is 4.40. The molecule has 0 N–H and O–H groups in total. The van der Waals surface area contributed by atoms with Crippen LogP contribution in [0.15, 0.2) is 6.07 Å². The molecule has 0 spiro atoms. The standard InChI is InChI=1S/C16H25N3O4/c1-6-22-14(20)13-9-12(17-18(13)5)11-7-8-19(10-11)15(21)23-16(2,3)4/h9,11H,6-8,10H2,1-5H3. The number of aryl methyl sites for hydroxylation is 1. The second kappa shape index (κ2) is 6.60. The number of hydrogen-bond donors (Lipinski definition) is 0. The van der Waals surface area contributed by atoms with E-state index in [1.165, 1.54) is 4.68 Å². The average Bonchev–Trinajstić information content (AvgIpc) is 3.03. The van der Waals surface area contributed by atoms with Crippen molar-refractivity contribution in [1.82, 2.24) is 14.7 Å². The maximum Gasteiger partial charge on any atom is 0.410 e. The molecule has 0 radical (unpaired) electrons. The van der Waals surface area contributed by atoms with Gasteiger partial charge in [0.1, 0.15) is 11.3 Å². The Hall–Kier alpha value is -2.05. The molecule has 2 heterocycles. The van der Waals surface area contributed by atoms with Crippen molar-refractivity contribution in [1.29, 1.82) is 0 Å². The molecule has 128 valence electrons. The van der Waals surface area contributed by atoms with Crippen molar-refractivity contribution in [3.05, 3.63) is 17.5 Å². The SMILES string of the molecule is CCOC(=O)c1cc(C2CCN(C(=O)OC(C)(C)C)C2)nn1C. The summed E-state index contributed by atoms with van der Waals surface area (Å²) in [5.74, 6) is -0.271. The number of carbonyl (C=O) groups is 2. The molecule has 1 aromatic heterocycles.